The van der Waals surface area contributed by atoms with Gasteiger partial charge in [-0.25, -0.2) is 0 Å². The van der Waals surface area contributed by atoms with Crippen molar-refractivity contribution >= 4 is 0 Å². The van der Waals surface area contributed by atoms with Crippen molar-refractivity contribution in [2.24, 2.45) is 0 Å². The number of hydrogen-bond acceptors (Lipinski definition) is 1. The zero-order chi connectivity index (χ0) is 9.90. The van der Waals surface area contributed by atoms with E-state index in [1.165, 1.54) is 5.92 Å². The molecule has 14 heavy (non-hydrogen) atoms. The summed E-state index contributed by atoms with van der Waals surface area (Å²) in [6, 6.07) is 9.91. The summed E-state index contributed by atoms with van der Waals surface area (Å²) in [6.07, 6.45) is 0. The zero-order valence-corrected chi connectivity index (χ0v) is 12.2. The van der Waals surface area contributed by atoms with Gasteiger partial charge in [0.2, 0.25) is 0 Å². The topological polar surface area (TPSA) is 9.23 Å². The van der Waals surface area contributed by atoms with E-state index in [-0.39, 0.29) is 38.3 Å². The van der Waals surface area contributed by atoms with Crippen LogP contribution in [-0.2, 0) is 32.7 Å². The van der Waals surface area contributed by atoms with E-state index in [9.17, 15) is 0 Å². The van der Waals surface area contributed by atoms with Gasteiger partial charge < -0.3 is 4.74 Å². The summed E-state index contributed by atoms with van der Waals surface area (Å²) in [7, 11) is 0. The van der Waals surface area contributed by atoms with Crippen LogP contribution in [0.3, 0.4) is 0 Å². The van der Waals surface area contributed by atoms with E-state index in [1.807, 2.05) is 30.3 Å². The van der Waals surface area contributed by atoms with Crippen molar-refractivity contribution in [2.75, 3.05) is 0 Å². The smallest absolute Gasteiger partial charge is 0.116 e. The molecule has 0 fully saturated rings. The first-order valence-corrected chi connectivity index (χ1v) is 4.57. The van der Waals surface area contributed by atoms with Gasteiger partial charge in [0.25, 0.3) is 0 Å². The number of rotatable bonds is 3. The molecule has 1 radical (unpaired) electrons. The van der Waals surface area contributed by atoms with E-state index in [1.54, 1.807) is 0 Å². The first-order chi connectivity index (χ1) is 6.02. The Morgan fingerprint density at radius 2 is 1.57 bits per heavy atom. The van der Waals surface area contributed by atoms with Crippen LogP contribution >= 0.6 is 0 Å². The van der Waals surface area contributed by atoms with Crippen LogP contribution in [0, 0.1) is 5.92 Å². The van der Waals surface area contributed by atoms with Crippen molar-refractivity contribution in [3.63, 3.8) is 0 Å². The van der Waals surface area contributed by atoms with Gasteiger partial charge >= 0.3 is 0 Å². The molecule has 0 aliphatic rings. The van der Waals surface area contributed by atoms with Crippen molar-refractivity contribution in [1.29, 1.82) is 0 Å². The molecule has 0 heterocycles. The third-order valence-electron chi connectivity index (χ3n) is 2.32. The maximum Gasteiger partial charge on any atom is 0.116 e. The van der Waals surface area contributed by atoms with Gasteiger partial charge in [0.05, 0.1) is 0 Å². The predicted octanol–water partition coefficient (Wildman–Crippen LogP) is 3.46. The molecule has 0 aliphatic heterocycles. The van der Waals surface area contributed by atoms with Crippen LogP contribution in [0.2, 0.25) is 0 Å². The van der Waals surface area contributed by atoms with Gasteiger partial charge in [-0.3, -0.25) is 5.92 Å². The molecular formula is C12H17OY-. The molecule has 0 N–H and O–H groups in total. The Hall–Kier alpha value is 0.124. The minimum absolute atomic E-state index is 0. The van der Waals surface area contributed by atoms with E-state index in [0.29, 0.717) is 0 Å². The summed E-state index contributed by atoms with van der Waals surface area (Å²) in [6.45, 7) is 8.33. The fourth-order valence-electron chi connectivity index (χ4n) is 0.885. The molecule has 1 aromatic rings. The molecule has 1 aromatic carbocycles. The number of hydrogen-bond donors (Lipinski definition) is 0. The number of para-hydroxylation sites is 1. The molecule has 1 rings (SSSR count). The second kappa shape index (κ2) is 5.87. The van der Waals surface area contributed by atoms with Crippen LogP contribution in [0.4, 0.5) is 0 Å². The first-order valence-electron chi connectivity index (χ1n) is 4.57. The Labute approximate surface area is 112 Å². The average Bonchev–Trinajstić information content (AvgIpc) is 2.05. The summed E-state index contributed by atoms with van der Waals surface area (Å²) in [5, 5.41) is 0. The van der Waals surface area contributed by atoms with Crippen molar-refractivity contribution in [2.45, 2.75) is 33.3 Å². The van der Waals surface area contributed by atoms with Crippen LogP contribution in [0.15, 0.2) is 30.3 Å². The van der Waals surface area contributed by atoms with Gasteiger partial charge in [-0.15, -0.1) is 0 Å². The van der Waals surface area contributed by atoms with Gasteiger partial charge in [-0.05, 0) is 17.7 Å². The number of ether oxygens (including phenoxy) is 1. The molecule has 75 valence electrons. The normalized spacial score (nSPS) is 10.9. The molecule has 0 saturated carbocycles. The molecule has 0 amide bonds. The Kier molecular flexibility index (Phi) is 5.92. The van der Waals surface area contributed by atoms with E-state index < -0.39 is 0 Å². The minimum atomic E-state index is -0.179. The average molecular weight is 266 g/mol. The largest absolute Gasteiger partial charge is 0.519 e. The molecule has 2 heteroatoms. The van der Waals surface area contributed by atoms with Crippen LogP contribution in [0.25, 0.3) is 0 Å². The Balaban J connectivity index is 0.00000169. The quantitative estimate of drug-likeness (QED) is 0.761. The predicted molar refractivity (Wildman–Crippen MR) is 55.7 cm³/mol. The van der Waals surface area contributed by atoms with Gasteiger partial charge in [-0.2, -0.15) is 13.8 Å². The molecule has 0 atom stereocenters. The SMILES string of the molecule is C[C-](C)C(C)(C)Oc1ccccc1.[Y]. The van der Waals surface area contributed by atoms with E-state index in [2.05, 4.69) is 27.7 Å². The molecule has 0 aliphatic carbocycles. The van der Waals surface area contributed by atoms with Gasteiger partial charge in [0.15, 0.2) is 0 Å². The monoisotopic (exact) mass is 266 g/mol. The molecule has 0 saturated heterocycles. The summed E-state index contributed by atoms with van der Waals surface area (Å²) in [5.41, 5.74) is -0.179. The minimum Gasteiger partial charge on any atom is -0.519 e. The van der Waals surface area contributed by atoms with E-state index in [0.717, 1.165) is 5.75 Å². The summed E-state index contributed by atoms with van der Waals surface area (Å²) >= 11 is 0. The molecule has 0 aromatic heterocycles. The molecule has 1 nitrogen and oxygen atoms in total. The van der Waals surface area contributed by atoms with Crippen LogP contribution in [-0.4, -0.2) is 5.60 Å². The summed E-state index contributed by atoms with van der Waals surface area (Å²) in [5.74, 6) is 2.20. The molecule has 0 bridgehead atoms. The fraction of sp³-hybridized carbons (Fsp3) is 0.417. The Bertz CT molecular complexity index is 254. The third kappa shape index (κ3) is 4.10. The van der Waals surface area contributed by atoms with Crippen molar-refractivity contribution < 1.29 is 37.4 Å². The zero-order valence-electron chi connectivity index (χ0n) is 9.37. The first kappa shape index (κ1) is 14.1. The van der Waals surface area contributed by atoms with Crippen molar-refractivity contribution in [3.8, 4) is 5.75 Å². The van der Waals surface area contributed by atoms with Crippen LogP contribution in [0.5, 0.6) is 5.75 Å². The fourth-order valence-corrected chi connectivity index (χ4v) is 0.885. The molecule has 0 unspecified atom stereocenters. The second-order valence-corrected chi connectivity index (χ2v) is 3.93. The van der Waals surface area contributed by atoms with Crippen LogP contribution in [0.1, 0.15) is 27.7 Å². The Morgan fingerprint density at radius 1 is 1.07 bits per heavy atom. The Morgan fingerprint density at radius 3 is 2.00 bits per heavy atom. The van der Waals surface area contributed by atoms with Crippen molar-refractivity contribution in [3.05, 3.63) is 36.2 Å². The summed E-state index contributed by atoms with van der Waals surface area (Å²) in [4.78, 5) is 0. The van der Waals surface area contributed by atoms with Crippen LogP contribution < -0.4 is 4.74 Å². The van der Waals surface area contributed by atoms with Gasteiger partial charge in [-0.1, -0.05) is 32.0 Å². The van der Waals surface area contributed by atoms with E-state index in [4.69, 9.17) is 4.74 Å². The van der Waals surface area contributed by atoms with Gasteiger partial charge in [0.1, 0.15) is 5.75 Å². The van der Waals surface area contributed by atoms with E-state index >= 15 is 0 Å². The van der Waals surface area contributed by atoms with Crippen molar-refractivity contribution in [1.82, 2.24) is 0 Å². The standard InChI is InChI=1S/C12H17O.Y/c1-10(2)12(3,4)13-11-8-6-5-7-9-11;/h5-9H,1-4H3;/q-1;. The van der Waals surface area contributed by atoms with Gasteiger partial charge in [0, 0.05) is 32.7 Å². The molecule has 0 spiro atoms. The summed E-state index contributed by atoms with van der Waals surface area (Å²) < 4.78 is 5.83. The maximum atomic E-state index is 5.83. The third-order valence-corrected chi connectivity index (χ3v) is 2.32. The number of benzene rings is 1. The second-order valence-electron chi connectivity index (χ2n) is 3.93. The molecular weight excluding hydrogens is 249 g/mol. The maximum absolute atomic E-state index is 5.83.